The molecule has 0 unspecified atom stereocenters. The van der Waals surface area contributed by atoms with Gasteiger partial charge in [-0.05, 0) is 54.4 Å². The molecule has 2 aromatic carbocycles. The highest BCUT2D eigenvalue weighted by atomic mass is 35.5. The lowest BCUT2D eigenvalue weighted by molar-refractivity contribution is 0.0621. The number of carbonyl (C=O) groups excluding carboxylic acids is 1. The fourth-order valence-electron chi connectivity index (χ4n) is 3.62. The van der Waals surface area contributed by atoms with Crippen LogP contribution in [0, 0.1) is 6.92 Å². The van der Waals surface area contributed by atoms with Gasteiger partial charge in [-0.1, -0.05) is 40.9 Å². The zero-order valence-corrected chi connectivity index (χ0v) is 19.9. The number of carbonyl (C=O) groups is 1. The Kier molecular flexibility index (Phi) is 7.26. The predicted molar refractivity (Wildman–Crippen MR) is 127 cm³/mol. The summed E-state index contributed by atoms with van der Waals surface area (Å²) in [5, 5.41) is 6.34. The maximum absolute atomic E-state index is 12.9. The van der Waals surface area contributed by atoms with Crippen molar-refractivity contribution in [2.45, 2.75) is 20.2 Å². The van der Waals surface area contributed by atoms with Crippen LogP contribution < -0.4 is 4.74 Å². The lowest BCUT2D eigenvalue weighted by atomic mass is 10.2. The molecule has 9 heteroatoms. The van der Waals surface area contributed by atoms with Gasteiger partial charge in [-0.15, -0.1) is 0 Å². The van der Waals surface area contributed by atoms with Crippen molar-refractivity contribution in [3.63, 3.8) is 0 Å². The first kappa shape index (κ1) is 22.9. The average Bonchev–Trinajstić information content (AvgIpc) is 3.24. The van der Waals surface area contributed by atoms with E-state index in [1.54, 1.807) is 29.1 Å². The van der Waals surface area contributed by atoms with Gasteiger partial charge in [-0.2, -0.15) is 5.10 Å². The molecule has 32 heavy (non-hydrogen) atoms. The fraction of sp³-hybridized carbons (Fsp3) is 0.304. The molecule has 1 aliphatic rings. The summed E-state index contributed by atoms with van der Waals surface area (Å²) < 4.78 is 7.41. The number of hydrogen-bond acceptors (Lipinski definition) is 4. The largest absolute Gasteiger partial charge is 0.471 e. The number of aryl methyl sites for hydroxylation is 1. The molecule has 0 N–H and O–H groups in total. The topological polar surface area (TPSA) is 50.6 Å². The minimum atomic E-state index is -0.0735. The van der Waals surface area contributed by atoms with Gasteiger partial charge in [0.25, 0.3) is 5.91 Å². The Morgan fingerprint density at radius 1 is 1.00 bits per heavy atom. The van der Waals surface area contributed by atoms with Crippen molar-refractivity contribution in [1.29, 1.82) is 0 Å². The fourth-order valence-corrected chi connectivity index (χ4v) is 4.31. The highest BCUT2D eigenvalue weighted by Crippen LogP contribution is 2.23. The van der Waals surface area contributed by atoms with Crippen LogP contribution in [0.4, 0.5) is 0 Å². The second kappa shape index (κ2) is 10.1. The van der Waals surface area contributed by atoms with E-state index in [1.807, 2.05) is 36.1 Å². The zero-order valence-electron chi connectivity index (χ0n) is 17.6. The molecular weight excluding hydrogens is 471 g/mol. The molecule has 0 aliphatic carbocycles. The summed E-state index contributed by atoms with van der Waals surface area (Å²) in [7, 11) is 0. The maximum Gasteiger partial charge on any atom is 0.274 e. The highest BCUT2D eigenvalue weighted by Gasteiger charge is 2.24. The molecule has 0 radical (unpaired) electrons. The Hall–Kier alpha value is -2.25. The number of ether oxygens (including phenoxy) is 1. The number of benzene rings is 2. The lowest BCUT2D eigenvalue weighted by Crippen LogP contribution is -2.48. The van der Waals surface area contributed by atoms with E-state index < -0.39 is 0 Å². The minimum Gasteiger partial charge on any atom is -0.471 e. The van der Waals surface area contributed by atoms with Crippen molar-refractivity contribution in [3.05, 3.63) is 80.6 Å². The maximum atomic E-state index is 12.9. The Morgan fingerprint density at radius 3 is 2.44 bits per heavy atom. The van der Waals surface area contributed by atoms with Crippen molar-refractivity contribution in [2.75, 3.05) is 26.2 Å². The Balaban J connectivity index is 1.29. The van der Waals surface area contributed by atoms with E-state index in [1.165, 1.54) is 0 Å². The number of halogens is 3. The molecule has 4 rings (SSSR count). The van der Waals surface area contributed by atoms with Gasteiger partial charge in [0.15, 0.2) is 12.4 Å². The number of amides is 1. The molecular formula is C23H23Cl3N4O2. The van der Waals surface area contributed by atoms with Gasteiger partial charge in [0, 0.05) is 54.0 Å². The summed E-state index contributed by atoms with van der Waals surface area (Å²) in [6, 6.07) is 12.7. The molecule has 1 aliphatic heterocycles. The molecule has 2 heterocycles. The number of rotatable bonds is 6. The number of hydrogen-bond donors (Lipinski definition) is 0. The Labute approximate surface area is 202 Å². The van der Waals surface area contributed by atoms with E-state index >= 15 is 0 Å². The average molecular weight is 494 g/mol. The van der Waals surface area contributed by atoms with Crippen LogP contribution in [-0.4, -0.2) is 51.7 Å². The molecule has 1 saturated heterocycles. The van der Waals surface area contributed by atoms with Gasteiger partial charge in [-0.25, -0.2) is 4.68 Å². The molecule has 0 saturated carbocycles. The molecule has 0 spiro atoms. The zero-order chi connectivity index (χ0) is 22.7. The van der Waals surface area contributed by atoms with Gasteiger partial charge in [-0.3, -0.25) is 9.69 Å². The molecule has 0 atom stereocenters. The Bertz CT molecular complexity index is 1110. The van der Waals surface area contributed by atoms with Crippen LogP contribution in [0.3, 0.4) is 0 Å². The standard InChI is InChI=1S/C23H23Cl3N4O2/c1-16-12-18(24)4-5-22(16)32-15-30-7-6-21(27-30)23(31)29-10-8-28(9-11-29)14-17-2-3-19(25)13-20(17)26/h2-7,12-13H,8-11,14-15H2,1H3. The number of nitrogens with zero attached hydrogens (tertiary/aromatic N) is 4. The molecule has 1 fully saturated rings. The second-order valence-electron chi connectivity index (χ2n) is 7.73. The first-order chi connectivity index (χ1) is 15.4. The van der Waals surface area contributed by atoms with Crippen LogP contribution in [0.1, 0.15) is 21.6 Å². The van der Waals surface area contributed by atoms with Crippen LogP contribution in [0.5, 0.6) is 5.75 Å². The third-order valence-corrected chi connectivity index (χ3v) is 6.24. The lowest BCUT2D eigenvalue weighted by Gasteiger charge is -2.34. The van der Waals surface area contributed by atoms with Gasteiger partial charge in [0.05, 0.1) is 0 Å². The molecule has 3 aromatic rings. The van der Waals surface area contributed by atoms with Crippen LogP contribution in [0.2, 0.25) is 15.1 Å². The van der Waals surface area contributed by atoms with E-state index in [9.17, 15) is 4.79 Å². The van der Waals surface area contributed by atoms with Crippen molar-refractivity contribution in [2.24, 2.45) is 0 Å². The summed E-state index contributed by atoms with van der Waals surface area (Å²) in [4.78, 5) is 17.0. The molecule has 6 nitrogen and oxygen atoms in total. The van der Waals surface area contributed by atoms with Crippen LogP contribution in [0.15, 0.2) is 48.7 Å². The monoisotopic (exact) mass is 492 g/mol. The first-order valence-corrected chi connectivity index (χ1v) is 11.4. The number of piperazine rings is 1. The van der Waals surface area contributed by atoms with Crippen LogP contribution in [-0.2, 0) is 13.3 Å². The summed E-state index contributed by atoms with van der Waals surface area (Å²) in [5.41, 5.74) is 2.39. The predicted octanol–water partition coefficient (Wildman–Crippen LogP) is 5.15. The Morgan fingerprint density at radius 2 is 1.72 bits per heavy atom. The summed E-state index contributed by atoms with van der Waals surface area (Å²) in [6.45, 7) is 5.68. The van der Waals surface area contributed by atoms with Crippen molar-refractivity contribution in [3.8, 4) is 5.75 Å². The van der Waals surface area contributed by atoms with Gasteiger partial charge in [0.1, 0.15) is 5.75 Å². The van der Waals surface area contributed by atoms with Gasteiger partial charge in [0.2, 0.25) is 0 Å². The van der Waals surface area contributed by atoms with E-state index in [4.69, 9.17) is 39.5 Å². The molecule has 1 amide bonds. The smallest absolute Gasteiger partial charge is 0.274 e. The van der Waals surface area contributed by atoms with Crippen molar-refractivity contribution >= 4 is 40.7 Å². The van der Waals surface area contributed by atoms with Gasteiger partial charge < -0.3 is 9.64 Å². The van der Waals surface area contributed by atoms with Crippen LogP contribution >= 0.6 is 34.8 Å². The molecule has 1 aromatic heterocycles. The normalized spacial score (nSPS) is 14.6. The quantitative estimate of drug-likeness (QED) is 0.477. The third kappa shape index (κ3) is 5.56. The second-order valence-corrected chi connectivity index (χ2v) is 9.01. The summed E-state index contributed by atoms with van der Waals surface area (Å²) >= 11 is 18.2. The van der Waals surface area contributed by atoms with E-state index in [2.05, 4.69) is 10.00 Å². The molecule has 168 valence electrons. The first-order valence-electron chi connectivity index (χ1n) is 10.3. The van der Waals surface area contributed by atoms with Crippen LogP contribution in [0.25, 0.3) is 0 Å². The van der Waals surface area contributed by atoms with Gasteiger partial charge >= 0.3 is 0 Å². The minimum absolute atomic E-state index is 0.0735. The van der Waals surface area contributed by atoms with Crippen molar-refractivity contribution < 1.29 is 9.53 Å². The number of aromatic nitrogens is 2. The van der Waals surface area contributed by atoms with E-state index in [0.717, 1.165) is 36.5 Å². The van der Waals surface area contributed by atoms with Crippen molar-refractivity contribution in [1.82, 2.24) is 19.6 Å². The van der Waals surface area contributed by atoms with E-state index in [-0.39, 0.29) is 12.6 Å². The SMILES string of the molecule is Cc1cc(Cl)ccc1OCn1ccc(C(=O)N2CCN(Cc3ccc(Cl)cc3Cl)CC2)n1. The van der Waals surface area contributed by atoms with E-state index in [0.29, 0.717) is 33.9 Å². The highest BCUT2D eigenvalue weighted by molar-refractivity contribution is 6.35. The third-order valence-electron chi connectivity index (χ3n) is 5.42. The summed E-state index contributed by atoms with van der Waals surface area (Å²) in [5.74, 6) is 0.658. The summed E-state index contributed by atoms with van der Waals surface area (Å²) in [6.07, 6.45) is 1.75. The molecule has 0 bridgehead atoms.